The van der Waals surface area contributed by atoms with Crippen LogP contribution in [0.15, 0.2) is 17.1 Å². The molecule has 2 aromatic rings. The maximum atomic E-state index is 12.8. The van der Waals surface area contributed by atoms with Gasteiger partial charge in [0.25, 0.3) is 0 Å². The van der Waals surface area contributed by atoms with Crippen molar-refractivity contribution < 1.29 is 18.0 Å². The molecule has 0 spiro atoms. The number of carbonyl (C=O) groups excluding carboxylic acids is 1. The van der Waals surface area contributed by atoms with Crippen molar-refractivity contribution in [1.82, 2.24) is 4.98 Å². The van der Waals surface area contributed by atoms with Gasteiger partial charge in [0.15, 0.2) is 0 Å². The van der Waals surface area contributed by atoms with Crippen molar-refractivity contribution in [1.29, 1.82) is 0 Å². The van der Waals surface area contributed by atoms with Crippen LogP contribution in [0.2, 0.25) is 0 Å². The maximum Gasteiger partial charge on any atom is 0.433 e. The van der Waals surface area contributed by atoms with Crippen molar-refractivity contribution in [3.8, 4) is 0 Å². The molecule has 0 radical (unpaired) electrons. The second-order valence-electron chi connectivity index (χ2n) is 4.05. The third-order valence-corrected chi connectivity index (χ3v) is 2.65. The predicted molar refractivity (Wildman–Crippen MR) is 60.6 cm³/mol. The Kier molecular flexibility index (Phi) is 2.75. The van der Waals surface area contributed by atoms with Crippen LogP contribution in [0.3, 0.4) is 0 Å². The highest BCUT2D eigenvalue weighted by atomic mass is 19.4. The van der Waals surface area contributed by atoms with Crippen molar-refractivity contribution in [2.75, 3.05) is 0 Å². The van der Waals surface area contributed by atoms with E-state index in [1.165, 1.54) is 6.08 Å². The van der Waals surface area contributed by atoms with Gasteiger partial charge in [-0.2, -0.15) is 18.2 Å². The van der Waals surface area contributed by atoms with E-state index in [9.17, 15) is 18.0 Å². The van der Waals surface area contributed by atoms with E-state index in [2.05, 4.69) is 9.98 Å². The molecule has 1 aromatic heterocycles. The number of halogens is 3. The molecule has 0 aliphatic heterocycles. The summed E-state index contributed by atoms with van der Waals surface area (Å²) < 4.78 is 38.5. The van der Waals surface area contributed by atoms with Crippen LogP contribution in [0.5, 0.6) is 0 Å². The van der Waals surface area contributed by atoms with Gasteiger partial charge in [-0.15, -0.1) is 0 Å². The molecule has 0 aliphatic rings. The van der Waals surface area contributed by atoms with E-state index < -0.39 is 17.6 Å². The molecule has 94 valence electrons. The zero-order valence-corrected chi connectivity index (χ0v) is 9.64. The van der Waals surface area contributed by atoms with E-state index in [1.807, 2.05) is 0 Å². The standard InChI is InChI=1S/C12H9F3N2O/c1-6-3-7(2)9-8(4-6)17-11(12(13,14)15)10(9)16-5-18/h3-4,17H,1-2H3. The molecule has 0 aliphatic carbocycles. The molecule has 0 amide bonds. The van der Waals surface area contributed by atoms with Gasteiger partial charge < -0.3 is 4.98 Å². The van der Waals surface area contributed by atoms with Crippen molar-refractivity contribution >= 4 is 22.7 Å². The number of hydrogen-bond donors (Lipinski definition) is 1. The summed E-state index contributed by atoms with van der Waals surface area (Å²) in [6.45, 7) is 3.45. The summed E-state index contributed by atoms with van der Waals surface area (Å²) in [5.41, 5.74) is 0.357. The number of fused-ring (bicyclic) bond motifs is 1. The first-order chi connectivity index (χ1) is 8.34. The highest BCUT2D eigenvalue weighted by molar-refractivity contribution is 5.96. The largest absolute Gasteiger partial charge is 0.433 e. The first-order valence-corrected chi connectivity index (χ1v) is 5.12. The Morgan fingerprint density at radius 2 is 1.94 bits per heavy atom. The number of nitrogens with one attached hydrogen (secondary N) is 1. The monoisotopic (exact) mass is 254 g/mol. The van der Waals surface area contributed by atoms with Gasteiger partial charge in [0.1, 0.15) is 11.4 Å². The van der Waals surface area contributed by atoms with E-state index in [0.717, 1.165) is 5.56 Å². The summed E-state index contributed by atoms with van der Waals surface area (Å²) in [5, 5.41) is 0.302. The molecule has 0 atom stereocenters. The zero-order chi connectivity index (χ0) is 13.5. The minimum absolute atomic E-state index is 0.302. The van der Waals surface area contributed by atoms with Crippen LogP contribution in [-0.2, 0) is 11.0 Å². The lowest BCUT2D eigenvalue weighted by molar-refractivity contribution is -0.140. The van der Waals surface area contributed by atoms with Gasteiger partial charge in [0, 0.05) is 10.9 Å². The molecule has 3 nitrogen and oxygen atoms in total. The second kappa shape index (κ2) is 3.99. The quantitative estimate of drug-likeness (QED) is 0.611. The lowest BCUT2D eigenvalue weighted by Gasteiger charge is -2.03. The Balaban J connectivity index is 2.93. The fourth-order valence-corrected chi connectivity index (χ4v) is 2.06. The third-order valence-electron chi connectivity index (χ3n) is 2.65. The number of aryl methyl sites for hydroxylation is 2. The fraction of sp³-hybridized carbons (Fsp3) is 0.250. The van der Waals surface area contributed by atoms with E-state index in [-0.39, 0.29) is 0 Å². The maximum absolute atomic E-state index is 12.8. The van der Waals surface area contributed by atoms with E-state index >= 15 is 0 Å². The number of aromatic nitrogens is 1. The van der Waals surface area contributed by atoms with Gasteiger partial charge in [0.2, 0.25) is 6.08 Å². The molecule has 2 rings (SSSR count). The summed E-state index contributed by atoms with van der Waals surface area (Å²) in [6, 6.07) is 3.32. The topological polar surface area (TPSA) is 45.2 Å². The first kappa shape index (κ1) is 12.4. The van der Waals surface area contributed by atoms with Crippen molar-refractivity contribution in [2.45, 2.75) is 20.0 Å². The molecule has 0 unspecified atom stereocenters. The van der Waals surface area contributed by atoms with Crippen LogP contribution in [0.25, 0.3) is 10.9 Å². The summed E-state index contributed by atoms with van der Waals surface area (Å²) in [5.74, 6) is 0. The Morgan fingerprint density at radius 3 is 2.50 bits per heavy atom. The smallest absolute Gasteiger partial charge is 0.349 e. The van der Waals surface area contributed by atoms with Gasteiger partial charge in [-0.3, -0.25) is 0 Å². The first-order valence-electron chi connectivity index (χ1n) is 5.12. The second-order valence-corrected chi connectivity index (χ2v) is 4.05. The predicted octanol–water partition coefficient (Wildman–Crippen LogP) is 3.77. The lowest BCUT2D eigenvalue weighted by Crippen LogP contribution is -2.05. The molecule has 0 fully saturated rings. The van der Waals surface area contributed by atoms with Crippen molar-refractivity contribution in [3.05, 3.63) is 29.0 Å². The summed E-state index contributed by atoms with van der Waals surface area (Å²) >= 11 is 0. The van der Waals surface area contributed by atoms with E-state index in [0.29, 0.717) is 16.5 Å². The minimum Gasteiger partial charge on any atom is -0.349 e. The number of nitrogens with zero attached hydrogens (tertiary/aromatic N) is 1. The van der Waals surface area contributed by atoms with Crippen LogP contribution in [0.1, 0.15) is 16.8 Å². The van der Waals surface area contributed by atoms with Gasteiger partial charge >= 0.3 is 6.18 Å². The van der Waals surface area contributed by atoms with Gasteiger partial charge in [-0.25, -0.2) is 4.79 Å². The molecular weight excluding hydrogens is 245 g/mol. The Hall–Kier alpha value is -2.07. The van der Waals surface area contributed by atoms with Crippen LogP contribution >= 0.6 is 0 Å². The summed E-state index contributed by atoms with van der Waals surface area (Å²) in [4.78, 5) is 15.8. The minimum atomic E-state index is -4.59. The van der Waals surface area contributed by atoms with Crippen LogP contribution in [0.4, 0.5) is 18.9 Å². The highest BCUT2D eigenvalue weighted by Crippen LogP contribution is 2.41. The zero-order valence-electron chi connectivity index (χ0n) is 9.64. The van der Waals surface area contributed by atoms with Gasteiger partial charge in [-0.05, 0) is 31.0 Å². The van der Waals surface area contributed by atoms with Crippen LogP contribution in [-0.4, -0.2) is 11.1 Å². The lowest BCUT2D eigenvalue weighted by atomic mass is 10.1. The fourth-order valence-electron chi connectivity index (χ4n) is 2.06. The SMILES string of the molecule is Cc1cc(C)c2c(N=C=O)c(C(F)(F)F)[nH]c2c1. The van der Waals surface area contributed by atoms with Gasteiger partial charge in [0.05, 0.1) is 0 Å². The Labute approximate surface area is 100 Å². The van der Waals surface area contributed by atoms with E-state index in [1.54, 1.807) is 26.0 Å². The average Bonchev–Trinajstić information content (AvgIpc) is 2.57. The molecule has 6 heteroatoms. The molecule has 18 heavy (non-hydrogen) atoms. The normalized spacial score (nSPS) is 11.6. The number of aromatic amines is 1. The number of rotatable bonds is 1. The highest BCUT2D eigenvalue weighted by Gasteiger charge is 2.37. The van der Waals surface area contributed by atoms with Crippen LogP contribution in [0, 0.1) is 13.8 Å². The molecule has 1 N–H and O–H groups in total. The number of hydrogen-bond acceptors (Lipinski definition) is 2. The molecule has 0 saturated heterocycles. The Morgan fingerprint density at radius 1 is 1.28 bits per heavy atom. The van der Waals surface area contributed by atoms with Crippen molar-refractivity contribution in [3.63, 3.8) is 0 Å². The number of H-pyrrole nitrogens is 1. The molecule has 1 aromatic carbocycles. The summed E-state index contributed by atoms with van der Waals surface area (Å²) in [7, 11) is 0. The molecule has 0 bridgehead atoms. The molecule has 1 heterocycles. The van der Waals surface area contributed by atoms with Crippen molar-refractivity contribution in [2.24, 2.45) is 4.99 Å². The van der Waals surface area contributed by atoms with Gasteiger partial charge in [-0.1, -0.05) is 6.07 Å². The van der Waals surface area contributed by atoms with E-state index in [4.69, 9.17) is 0 Å². The summed E-state index contributed by atoms with van der Waals surface area (Å²) in [6.07, 6.45) is -3.42. The third kappa shape index (κ3) is 1.91. The molecule has 0 saturated carbocycles. The number of isocyanates is 1. The Bertz CT molecular complexity index is 664. The number of aliphatic imine (C=N–C) groups is 1. The number of benzene rings is 1. The average molecular weight is 254 g/mol. The van der Waals surface area contributed by atoms with Crippen LogP contribution < -0.4 is 0 Å². The number of alkyl halides is 3. The molecular formula is C12H9F3N2O.